The van der Waals surface area contributed by atoms with Crippen molar-refractivity contribution in [3.8, 4) is 10.7 Å². The molecule has 2 heterocycles. The number of nitrogens with two attached hydrogens (primary N) is 1. The minimum absolute atomic E-state index is 0.776. The van der Waals surface area contributed by atoms with Crippen LogP contribution in [0.2, 0.25) is 0 Å². The van der Waals surface area contributed by atoms with E-state index in [1.165, 1.54) is 5.56 Å². The van der Waals surface area contributed by atoms with E-state index in [4.69, 9.17) is 5.73 Å². The fraction of sp³-hybridized carbons (Fsp3) is 0.143. The molecule has 0 aliphatic carbocycles. The third-order valence-corrected chi connectivity index (χ3v) is 3.74. The third-order valence-electron chi connectivity index (χ3n) is 2.87. The fourth-order valence-electron chi connectivity index (χ4n) is 1.93. The molecule has 0 fully saturated rings. The third kappa shape index (κ3) is 2.82. The van der Waals surface area contributed by atoms with Gasteiger partial charge in [-0.25, -0.2) is 4.98 Å². The maximum absolute atomic E-state index is 5.76. The molecule has 0 atom stereocenters. The van der Waals surface area contributed by atoms with Gasteiger partial charge >= 0.3 is 0 Å². The molecule has 0 bridgehead atoms. The summed E-state index contributed by atoms with van der Waals surface area (Å²) in [7, 11) is 0. The minimum Gasteiger partial charge on any atom is -0.399 e. The van der Waals surface area contributed by atoms with Crippen molar-refractivity contribution in [1.82, 2.24) is 15.2 Å². The highest BCUT2D eigenvalue weighted by Crippen LogP contribution is 2.20. The minimum atomic E-state index is 0.776. The highest BCUT2D eigenvalue weighted by molar-refractivity contribution is 7.13. The maximum atomic E-state index is 5.76. The summed E-state index contributed by atoms with van der Waals surface area (Å²) in [5.74, 6) is 1.68. The van der Waals surface area contributed by atoms with Gasteiger partial charge in [0.15, 0.2) is 5.82 Å². The second kappa shape index (κ2) is 5.24. The van der Waals surface area contributed by atoms with Crippen LogP contribution in [0, 0.1) is 0 Å². The number of thiophene rings is 1. The Hall–Kier alpha value is -2.14. The van der Waals surface area contributed by atoms with Gasteiger partial charge < -0.3 is 5.73 Å². The van der Waals surface area contributed by atoms with Crippen molar-refractivity contribution in [3.63, 3.8) is 0 Å². The number of hydrogen-bond donors (Lipinski definition) is 2. The van der Waals surface area contributed by atoms with Gasteiger partial charge in [0, 0.05) is 12.1 Å². The molecule has 1 aromatic carbocycles. The Morgan fingerprint density at radius 3 is 2.89 bits per heavy atom. The van der Waals surface area contributed by atoms with Crippen LogP contribution in [0.5, 0.6) is 0 Å². The summed E-state index contributed by atoms with van der Waals surface area (Å²) in [5.41, 5.74) is 7.78. The molecule has 0 saturated carbocycles. The fourth-order valence-corrected chi connectivity index (χ4v) is 2.59. The zero-order chi connectivity index (χ0) is 13.1. The van der Waals surface area contributed by atoms with Crippen molar-refractivity contribution < 1.29 is 0 Å². The number of nitrogens with one attached hydrogen (secondary N) is 1. The molecule has 19 heavy (non-hydrogen) atoms. The Morgan fingerprint density at radius 1 is 1.16 bits per heavy atom. The lowest BCUT2D eigenvalue weighted by atomic mass is 10.1. The second-order valence-electron chi connectivity index (χ2n) is 4.33. The molecule has 0 spiro atoms. The number of benzene rings is 1. The quantitative estimate of drug-likeness (QED) is 0.716. The summed E-state index contributed by atoms with van der Waals surface area (Å²) in [6.45, 7) is 0. The van der Waals surface area contributed by atoms with Crippen LogP contribution >= 0.6 is 11.3 Å². The van der Waals surface area contributed by atoms with E-state index in [1.54, 1.807) is 11.3 Å². The van der Waals surface area contributed by atoms with Crippen LogP contribution in [0.1, 0.15) is 11.4 Å². The molecule has 0 saturated heterocycles. The molecule has 0 amide bonds. The van der Waals surface area contributed by atoms with Crippen molar-refractivity contribution in [3.05, 3.63) is 53.2 Å². The van der Waals surface area contributed by atoms with Crippen molar-refractivity contribution in [2.45, 2.75) is 12.8 Å². The number of H-pyrrole nitrogens is 1. The second-order valence-corrected chi connectivity index (χ2v) is 5.28. The Bertz CT molecular complexity index is 658. The first-order valence-electron chi connectivity index (χ1n) is 6.11. The van der Waals surface area contributed by atoms with Gasteiger partial charge in [0.25, 0.3) is 0 Å². The first kappa shape index (κ1) is 11.9. The molecule has 3 N–H and O–H groups in total. The normalized spacial score (nSPS) is 10.7. The molecule has 3 aromatic rings. The smallest absolute Gasteiger partial charge is 0.191 e. The van der Waals surface area contributed by atoms with E-state index in [1.807, 2.05) is 35.7 Å². The van der Waals surface area contributed by atoms with E-state index < -0.39 is 0 Å². The Kier molecular flexibility index (Phi) is 3.29. The standard InChI is InChI=1S/C14H14N4S/c15-11-4-1-3-10(9-11)6-7-13-16-14(18-17-13)12-5-2-8-19-12/h1-5,8-9H,6-7,15H2,(H,16,17,18). The van der Waals surface area contributed by atoms with Crippen molar-refractivity contribution in [2.75, 3.05) is 5.73 Å². The van der Waals surface area contributed by atoms with Crippen LogP contribution in [0.3, 0.4) is 0 Å². The van der Waals surface area contributed by atoms with Gasteiger partial charge in [-0.15, -0.1) is 11.3 Å². The molecular formula is C14H14N4S. The van der Waals surface area contributed by atoms with E-state index in [9.17, 15) is 0 Å². The largest absolute Gasteiger partial charge is 0.399 e. The van der Waals surface area contributed by atoms with Gasteiger partial charge in [0.2, 0.25) is 0 Å². The zero-order valence-corrected chi connectivity index (χ0v) is 11.2. The highest BCUT2D eigenvalue weighted by Gasteiger charge is 2.06. The number of nitrogen functional groups attached to an aromatic ring is 1. The van der Waals surface area contributed by atoms with E-state index in [0.717, 1.165) is 35.1 Å². The van der Waals surface area contributed by atoms with E-state index in [-0.39, 0.29) is 0 Å². The van der Waals surface area contributed by atoms with Crippen LogP contribution in [0.4, 0.5) is 5.69 Å². The van der Waals surface area contributed by atoms with Crippen molar-refractivity contribution in [2.24, 2.45) is 0 Å². The lowest BCUT2D eigenvalue weighted by Gasteiger charge is -2.00. The van der Waals surface area contributed by atoms with Gasteiger partial charge in [-0.3, -0.25) is 5.10 Å². The Morgan fingerprint density at radius 2 is 2.11 bits per heavy atom. The topological polar surface area (TPSA) is 67.6 Å². The summed E-state index contributed by atoms with van der Waals surface area (Å²) in [6, 6.07) is 12.0. The number of rotatable bonds is 4. The molecule has 0 aliphatic rings. The number of anilines is 1. The molecule has 0 radical (unpaired) electrons. The molecular weight excluding hydrogens is 256 g/mol. The van der Waals surface area contributed by atoms with Crippen LogP contribution in [0.25, 0.3) is 10.7 Å². The molecule has 2 aromatic heterocycles. The SMILES string of the molecule is Nc1cccc(CCc2nc(-c3cccs3)n[nH]2)c1. The zero-order valence-electron chi connectivity index (χ0n) is 10.3. The summed E-state index contributed by atoms with van der Waals surface area (Å²) in [4.78, 5) is 5.59. The molecule has 0 aliphatic heterocycles. The Labute approximate surface area is 115 Å². The van der Waals surface area contributed by atoms with Crippen LogP contribution < -0.4 is 5.73 Å². The molecule has 3 rings (SSSR count). The number of hydrogen-bond acceptors (Lipinski definition) is 4. The lowest BCUT2D eigenvalue weighted by Crippen LogP contribution is -1.95. The van der Waals surface area contributed by atoms with Crippen LogP contribution in [-0.2, 0) is 12.8 Å². The predicted molar refractivity (Wildman–Crippen MR) is 78.0 cm³/mol. The van der Waals surface area contributed by atoms with Gasteiger partial charge in [0.05, 0.1) is 4.88 Å². The van der Waals surface area contributed by atoms with E-state index in [2.05, 4.69) is 21.2 Å². The molecule has 0 unspecified atom stereocenters. The monoisotopic (exact) mass is 270 g/mol. The number of nitrogens with zero attached hydrogens (tertiary/aromatic N) is 2. The number of aryl methyl sites for hydroxylation is 2. The lowest BCUT2D eigenvalue weighted by molar-refractivity contribution is 0.865. The van der Waals surface area contributed by atoms with Gasteiger partial charge in [-0.2, -0.15) is 5.10 Å². The summed E-state index contributed by atoms with van der Waals surface area (Å²) in [5, 5.41) is 9.26. The predicted octanol–water partition coefficient (Wildman–Crippen LogP) is 2.90. The van der Waals surface area contributed by atoms with Crippen molar-refractivity contribution in [1.29, 1.82) is 0 Å². The molecule has 96 valence electrons. The maximum Gasteiger partial charge on any atom is 0.191 e. The van der Waals surface area contributed by atoms with E-state index in [0.29, 0.717) is 0 Å². The summed E-state index contributed by atoms with van der Waals surface area (Å²) in [6.07, 6.45) is 1.74. The van der Waals surface area contributed by atoms with E-state index >= 15 is 0 Å². The first-order chi connectivity index (χ1) is 9.31. The highest BCUT2D eigenvalue weighted by atomic mass is 32.1. The molecule has 4 nitrogen and oxygen atoms in total. The average molecular weight is 270 g/mol. The number of aromatic amines is 1. The van der Waals surface area contributed by atoms with Crippen LogP contribution in [0.15, 0.2) is 41.8 Å². The van der Waals surface area contributed by atoms with Crippen molar-refractivity contribution >= 4 is 17.0 Å². The molecule has 5 heteroatoms. The van der Waals surface area contributed by atoms with Gasteiger partial charge in [-0.1, -0.05) is 18.2 Å². The summed E-state index contributed by atoms with van der Waals surface area (Å²) >= 11 is 1.64. The first-order valence-corrected chi connectivity index (χ1v) is 6.99. The summed E-state index contributed by atoms with van der Waals surface area (Å²) < 4.78 is 0. The van der Waals surface area contributed by atoms with Crippen LogP contribution in [-0.4, -0.2) is 15.2 Å². The number of aromatic nitrogens is 3. The van der Waals surface area contributed by atoms with Gasteiger partial charge in [-0.05, 0) is 35.6 Å². The Balaban J connectivity index is 1.68. The average Bonchev–Trinajstić information content (AvgIpc) is 3.07. The van der Waals surface area contributed by atoms with Gasteiger partial charge in [0.1, 0.15) is 5.82 Å².